The summed E-state index contributed by atoms with van der Waals surface area (Å²) in [7, 11) is 0. The number of amides is 1. The molecule has 6 nitrogen and oxygen atoms in total. The van der Waals surface area contributed by atoms with Gasteiger partial charge < -0.3 is 15.5 Å². The Morgan fingerprint density at radius 3 is 2.11 bits per heavy atom. The largest absolute Gasteiger partial charge is 0.505 e. The number of aliphatic carboxylic acids is 1. The molecule has 2 rings (SSSR count). The molecule has 1 fully saturated rings. The molecular formula is C22H34N2O4. The first-order chi connectivity index (χ1) is 13.5. The molecule has 0 spiro atoms. The Morgan fingerprint density at radius 2 is 1.61 bits per heavy atom. The van der Waals surface area contributed by atoms with Gasteiger partial charge in [-0.05, 0) is 37.3 Å². The Kier molecular flexibility index (Phi) is 9.24. The van der Waals surface area contributed by atoms with Gasteiger partial charge in [0.2, 0.25) is 0 Å². The van der Waals surface area contributed by atoms with E-state index in [0.717, 1.165) is 18.4 Å². The number of carboxylic acids is 1. The van der Waals surface area contributed by atoms with Crippen LogP contribution in [0.15, 0.2) is 12.3 Å². The molecule has 1 atom stereocenters. The second-order valence-electron chi connectivity index (χ2n) is 8.07. The molecule has 0 unspecified atom stereocenters. The average Bonchev–Trinajstić information content (AvgIpc) is 2.61. The molecule has 0 bridgehead atoms. The van der Waals surface area contributed by atoms with Crippen molar-refractivity contribution >= 4 is 11.9 Å². The van der Waals surface area contributed by atoms with E-state index in [9.17, 15) is 14.7 Å². The van der Waals surface area contributed by atoms with Crippen molar-refractivity contribution in [2.24, 2.45) is 0 Å². The lowest BCUT2D eigenvalue weighted by atomic mass is 9.88. The van der Waals surface area contributed by atoms with Crippen molar-refractivity contribution in [1.82, 2.24) is 10.3 Å². The minimum Gasteiger partial charge on any atom is -0.505 e. The molecule has 0 radical (unpaired) electrons. The van der Waals surface area contributed by atoms with E-state index >= 15 is 0 Å². The molecule has 0 saturated heterocycles. The molecule has 1 aliphatic rings. The Bertz CT molecular complexity index is 635. The third-order valence-corrected chi connectivity index (χ3v) is 5.54. The summed E-state index contributed by atoms with van der Waals surface area (Å²) in [5.41, 5.74) is 0.943. The molecule has 1 amide bonds. The van der Waals surface area contributed by atoms with Crippen LogP contribution in [0.3, 0.4) is 0 Å². The maximum absolute atomic E-state index is 12.3. The Morgan fingerprint density at radius 1 is 1.07 bits per heavy atom. The molecule has 3 N–H and O–H groups in total. The predicted octanol–water partition coefficient (Wildman–Crippen LogP) is 4.77. The van der Waals surface area contributed by atoms with Crippen molar-refractivity contribution < 1.29 is 19.8 Å². The standard InChI is InChI=1S/C22H34N2O4/c1-16(13-20(26)27)24-22(28)21-19(25)14-18(15-23-21)17-11-9-7-5-3-2-4-6-8-10-12-17/h14-17,25H,2-13H2,1H3,(H,24,28)(H,26,27)/t16-/m0/s1. The highest BCUT2D eigenvalue weighted by molar-refractivity contribution is 5.95. The highest BCUT2D eigenvalue weighted by Gasteiger charge is 2.20. The topological polar surface area (TPSA) is 99.5 Å². The first-order valence-corrected chi connectivity index (χ1v) is 10.7. The van der Waals surface area contributed by atoms with Crippen molar-refractivity contribution in [3.63, 3.8) is 0 Å². The summed E-state index contributed by atoms with van der Waals surface area (Å²) >= 11 is 0. The van der Waals surface area contributed by atoms with Gasteiger partial charge in [-0.15, -0.1) is 0 Å². The van der Waals surface area contributed by atoms with Crippen molar-refractivity contribution in [3.8, 4) is 5.75 Å². The highest BCUT2D eigenvalue weighted by atomic mass is 16.4. The van der Waals surface area contributed by atoms with Crippen molar-refractivity contribution in [1.29, 1.82) is 0 Å². The number of carbonyl (C=O) groups excluding carboxylic acids is 1. The SMILES string of the molecule is C[C@@H](CC(=O)O)NC(=O)c1ncc(C2CCCCCCCCCCC2)cc1O. The van der Waals surface area contributed by atoms with Gasteiger partial charge in [0, 0.05) is 12.2 Å². The molecule has 1 aromatic heterocycles. The first kappa shape index (κ1) is 22.2. The van der Waals surface area contributed by atoms with Crippen LogP contribution in [-0.4, -0.2) is 33.1 Å². The number of aromatic nitrogens is 1. The summed E-state index contributed by atoms with van der Waals surface area (Å²) in [5, 5.41) is 21.7. The van der Waals surface area contributed by atoms with Crippen LogP contribution in [0.25, 0.3) is 0 Å². The third-order valence-electron chi connectivity index (χ3n) is 5.54. The van der Waals surface area contributed by atoms with E-state index in [0.29, 0.717) is 5.92 Å². The second kappa shape index (κ2) is 11.7. The number of nitrogens with zero attached hydrogens (tertiary/aromatic N) is 1. The molecule has 0 aromatic carbocycles. The molecule has 1 saturated carbocycles. The fourth-order valence-electron chi connectivity index (χ4n) is 3.97. The normalized spacial score (nSPS) is 18.5. The van der Waals surface area contributed by atoms with Crippen LogP contribution in [0.5, 0.6) is 5.75 Å². The van der Waals surface area contributed by atoms with E-state index in [-0.39, 0.29) is 17.9 Å². The first-order valence-electron chi connectivity index (χ1n) is 10.7. The van der Waals surface area contributed by atoms with E-state index in [2.05, 4.69) is 10.3 Å². The number of hydrogen-bond donors (Lipinski definition) is 3. The Hall–Kier alpha value is -2.11. The van der Waals surface area contributed by atoms with E-state index in [1.165, 1.54) is 57.8 Å². The smallest absolute Gasteiger partial charge is 0.305 e. The lowest BCUT2D eigenvalue weighted by Gasteiger charge is -2.19. The van der Waals surface area contributed by atoms with E-state index in [1.54, 1.807) is 19.2 Å². The van der Waals surface area contributed by atoms with Crippen LogP contribution < -0.4 is 5.32 Å². The number of hydrogen-bond acceptors (Lipinski definition) is 4. The zero-order valence-electron chi connectivity index (χ0n) is 17.0. The van der Waals surface area contributed by atoms with Gasteiger partial charge >= 0.3 is 5.97 Å². The number of rotatable bonds is 5. The van der Waals surface area contributed by atoms with Crippen LogP contribution in [0, 0.1) is 0 Å². The van der Waals surface area contributed by atoms with Gasteiger partial charge in [0.05, 0.1) is 6.42 Å². The average molecular weight is 391 g/mol. The quantitative estimate of drug-likeness (QED) is 0.672. The minimum absolute atomic E-state index is 0.0471. The summed E-state index contributed by atoms with van der Waals surface area (Å²) in [5.74, 6) is -1.30. The fourth-order valence-corrected chi connectivity index (χ4v) is 3.97. The van der Waals surface area contributed by atoms with Crippen LogP contribution >= 0.6 is 0 Å². The van der Waals surface area contributed by atoms with Gasteiger partial charge in [0.15, 0.2) is 5.69 Å². The zero-order valence-corrected chi connectivity index (χ0v) is 17.0. The third kappa shape index (κ3) is 7.49. The van der Waals surface area contributed by atoms with Gasteiger partial charge in [0.1, 0.15) is 5.75 Å². The summed E-state index contributed by atoms with van der Waals surface area (Å²) in [6, 6.07) is 1.14. The fraction of sp³-hybridized carbons (Fsp3) is 0.682. The lowest BCUT2D eigenvalue weighted by molar-refractivity contribution is -0.137. The molecule has 6 heteroatoms. The summed E-state index contributed by atoms with van der Waals surface area (Å²) in [6.45, 7) is 1.61. The summed E-state index contributed by atoms with van der Waals surface area (Å²) < 4.78 is 0. The minimum atomic E-state index is -0.983. The van der Waals surface area contributed by atoms with Gasteiger partial charge in [0.25, 0.3) is 5.91 Å². The monoisotopic (exact) mass is 390 g/mol. The summed E-state index contributed by atoms with van der Waals surface area (Å²) in [4.78, 5) is 27.2. The van der Waals surface area contributed by atoms with Gasteiger partial charge in [-0.3, -0.25) is 9.59 Å². The number of pyridine rings is 1. The van der Waals surface area contributed by atoms with E-state index in [1.807, 2.05) is 0 Å². The van der Waals surface area contributed by atoms with Gasteiger partial charge in [-0.1, -0.05) is 57.8 Å². The van der Waals surface area contributed by atoms with Crippen molar-refractivity contribution in [3.05, 3.63) is 23.5 Å². The molecule has 1 heterocycles. The van der Waals surface area contributed by atoms with Crippen LogP contribution in [0.4, 0.5) is 0 Å². The number of carboxylic acid groups (broad SMARTS) is 1. The molecule has 1 aliphatic carbocycles. The van der Waals surface area contributed by atoms with E-state index < -0.39 is 17.9 Å². The molecule has 28 heavy (non-hydrogen) atoms. The predicted molar refractivity (Wildman–Crippen MR) is 109 cm³/mol. The van der Waals surface area contributed by atoms with Crippen LogP contribution in [0.2, 0.25) is 0 Å². The maximum Gasteiger partial charge on any atom is 0.305 e. The molecule has 1 aromatic rings. The molecule has 156 valence electrons. The Labute approximate surface area is 167 Å². The maximum atomic E-state index is 12.3. The zero-order chi connectivity index (χ0) is 20.4. The highest BCUT2D eigenvalue weighted by Crippen LogP contribution is 2.31. The van der Waals surface area contributed by atoms with Crippen LogP contribution in [-0.2, 0) is 4.79 Å². The Balaban J connectivity index is 2.03. The number of aromatic hydroxyl groups is 1. The lowest BCUT2D eigenvalue weighted by Crippen LogP contribution is -2.34. The number of nitrogens with one attached hydrogen (secondary N) is 1. The molecule has 0 aliphatic heterocycles. The van der Waals surface area contributed by atoms with Crippen LogP contribution in [0.1, 0.15) is 106 Å². The van der Waals surface area contributed by atoms with Crippen molar-refractivity contribution in [2.75, 3.05) is 0 Å². The van der Waals surface area contributed by atoms with Gasteiger partial charge in [-0.2, -0.15) is 0 Å². The second-order valence-corrected chi connectivity index (χ2v) is 8.07. The van der Waals surface area contributed by atoms with Gasteiger partial charge in [-0.25, -0.2) is 4.98 Å². The number of carbonyl (C=O) groups is 2. The molecular weight excluding hydrogens is 356 g/mol. The summed E-state index contributed by atoms with van der Waals surface area (Å²) in [6.07, 6.45) is 15.2. The van der Waals surface area contributed by atoms with Crippen molar-refractivity contribution in [2.45, 2.75) is 95.9 Å². The van der Waals surface area contributed by atoms with E-state index in [4.69, 9.17) is 5.11 Å².